The summed E-state index contributed by atoms with van der Waals surface area (Å²) in [5.41, 5.74) is 2.60. The van der Waals surface area contributed by atoms with Crippen LogP contribution in [0.2, 0.25) is 0 Å². The van der Waals surface area contributed by atoms with Crippen molar-refractivity contribution in [2.75, 3.05) is 27.3 Å². The second-order valence-corrected chi connectivity index (χ2v) is 6.49. The number of carboxylic acid groups (broad SMARTS) is 1. The molecular weight excluding hydrogens is 318 g/mol. The van der Waals surface area contributed by atoms with Crippen LogP contribution in [0, 0.1) is 5.92 Å². The van der Waals surface area contributed by atoms with E-state index in [1.54, 1.807) is 32.4 Å². The molecule has 2 aromatic rings. The Kier molecular flexibility index (Phi) is 5.24. The van der Waals surface area contributed by atoms with Gasteiger partial charge in [-0.05, 0) is 47.7 Å². The van der Waals surface area contributed by atoms with Crippen molar-refractivity contribution < 1.29 is 19.4 Å². The lowest BCUT2D eigenvalue weighted by Gasteiger charge is -2.39. The zero-order valence-electron chi connectivity index (χ0n) is 14.6. The largest absolute Gasteiger partial charge is 0.497 e. The number of nitrogens with zero attached hydrogens (tertiary/aromatic N) is 1. The summed E-state index contributed by atoms with van der Waals surface area (Å²) in [6.07, 6.45) is 0.985. The second-order valence-electron chi connectivity index (χ2n) is 6.49. The lowest BCUT2D eigenvalue weighted by Crippen LogP contribution is -2.46. The number of benzene rings is 2. The van der Waals surface area contributed by atoms with Gasteiger partial charge in [-0.15, -0.1) is 0 Å². The van der Waals surface area contributed by atoms with Crippen LogP contribution in [0.5, 0.6) is 11.5 Å². The third-order valence-corrected chi connectivity index (χ3v) is 4.55. The van der Waals surface area contributed by atoms with E-state index in [2.05, 4.69) is 17.0 Å². The molecule has 1 saturated heterocycles. The lowest BCUT2D eigenvalue weighted by molar-refractivity contribution is 0.0695. The van der Waals surface area contributed by atoms with Crippen LogP contribution in [-0.2, 0) is 13.0 Å². The van der Waals surface area contributed by atoms with Gasteiger partial charge in [0.15, 0.2) is 0 Å². The van der Waals surface area contributed by atoms with Gasteiger partial charge in [0, 0.05) is 25.7 Å². The molecule has 5 heteroatoms. The van der Waals surface area contributed by atoms with Gasteiger partial charge in [0.25, 0.3) is 0 Å². The maximum atomic E-state index is 11.0. The predicted octanol–water partition coefficient (Wildman–Crippen LogP) is 3.08. The van der Waals surface area contributed by atoms with Gasteiger partial charge in [0.2, 0.25) is 0 Å². The van der Waals surface area contributed by atoms with Gasteiger partial charge in [0.1, 0.15) is 11.5 Å². The fourth-order valence-electron chi connectivity index (χ4n) is 3.31. The number of hydrogen-bond donors (Lipinski definition) is 1. The summed E-state index contributed by atoms with van der Waals surface area (Å²) < 4.78 is 10.6. The first-order valence-electron chi connectivity index (χ1n) is 8.34. The number of aromatic carboxylic acids is 1. The first kappa shape index (κ1) is 17.3. The van der Waals surface area contributed by atoms with Crippen molar-refractivity contribution in [3.63, 3.8) is 0 Å². The second kappa shape index (κ2) is 7.57. The van der Waals surface area contributed by atoms with Crippen LogP contribution in [0.3, 0.4) is 0 Å². The summed E-state index contributed by atoms with van der Waals surface area (Å²) >= 11 is 0. The molecule has 0 bridgehead atoms. The van der Waals surface area contributed by atoms with Crippen LogP contribution in [-0.4, -0.2) is 43.3 Å². The van der Waals surface area contributed by atoms with E-state index in [4.69, 9.17) is 14.6 Å². The minimum absolute atomic E-state index is 0.345. The number of likely N-dealkylation sites (tertiary alicyclic amines) is 1. The normalized spacial score (nSPS) is 14.8. The molecule has 0 saturated carbocycles. The molecule has 0 spiro atoms. The van der Waals surface area contributed by atoms with Crippen LogP contribution in [0.1, 0.15) is 21.5 Å². The van der Waals surface area contributed by atoms with Crippen molar-refractivity contribution >= 4 is 5.97 Å². The third-order valence-electron chi connectivity index (χ3n) is 4.55. The van der Waals surface area contributed by atoms with E-state index in [0.717, 1.165) is 43.1 Å². The van der Waals surface area contributed by atoms with Gasteiger partial charge < -0.3 is 14.6 Å². The molecule has 25 heavy (non-hydrogen) atoms. The fraction of sp³-hybridized carbons (Fsp3) is 0.350. The summed E-state index contributed by atoms with van der Waals surface area (Å²) in [5.74, 6) is 1.35. The Balaban J connectivity index is 1.55. The van der Waals surface area contributed by atoms with E-state index in [1.165, 1.54) is 5.56 Å². The molecule has 1 heterocycles. The molecule has 0 radical (unpaired) electrons. The number of methoxy groups -OCH3 is 2. The average molecular weight is 341 g/mol. The van der Waals surface area contributed by atoms with Gasteiger partial charge in [-0.1, -0.05) is 12.1 Å². The molecule has 0 amide bonds. The van der Waals surface area contributed by atoms with Crippen LogP contribution < -0.4 is 9.47 Å². The molecule has 1 fully saturated rings. The molecule has 1 aliphatic heterocycles. The van der Waals surface area contributed by atoms with Gasteiger partial charge >= 0.3 is 5.97 Å². The summed E-state index contributed by atoms with van der Waals surface area (Å²) in [6.45, 7) is 2.81. The number of ether oxygens (including phenoxy) is 2. The highest BCUT2D eigenvalue weighted by molar-refractivity contribution is 5.87. The van der Waals surface area contributed by atoms with Crippen LogP contribution >= 0.6 is 0 Å². The molecule has 5 nitrogen and oxygen atoms in total. The monoisotopic (exact) mass is 341 g/mol. The summed E-state index contributed by atoms with van der Waals surface area (Å²) in [5, 5.41) is 9.07. The summed E-state index contributed by atoms with van der Waals surface area (Å²) in [6, 6.07) is 13.2. The lowest BCUT2D eigenvalue weighted by atomic mass is 9.91. The van der Waals surface area contributed by atoms with Gasteiger partial charge in [-0.25, -0.2) is 4.79 Å². The van der Waals surface area contributed by atoms with Gasteiger partial charge in [-0.3, -0.25) is 4.90 Å². The summed E-state index contributed by atoms with van der Waals surface area (Å²) in [7, 11) is 3.32. The van der Waals surface area contributed by atoms with Gasteiger partial charge in [0.05, 0.1) is 19.8 Å². The molecule has 3 rings (SSSR count). The molecule has 1 aliphatic rings. The molecule has 1 N–H and O–H groups in total. The van der Waals surface area contributed by atoms with Crippen LogP contribution in [0.15, 0.2) is 42.5 Å². The zero-order chi connectivity index (χ0) is 17.8. The van der Waals surface area contributed by atoms with E-state index >= 15 is 0 Å². The van der Waals surface area contributed by atoms with Crippen LogP contribution in [0.4, 0.5) is 0 Å². The quantitative estimate of drug-likeness (QED) is 0.839. The van der Waals surface area contributed by atoms with E-state index in [1.807, 2.05) is 12.1 Å². The van der Waals surface area contributed by atoms with Crippen molar-refractivity contribution in [1.29, 1.82) is 0 Å². The SMILES string of the molecule is COc1cc(CC2CN(Cc3cccc(C(=O)O)c3)C2)cc(OC)c1. The Morgan fingerprint density at radius 3 is 2.36 bits per heavy atom. The van der Waals surface area contributed by atoms with E-state index in [0.29, 0.717) is 11.5 Å². The molecule has 132 valence electrons. The molecule has 2 aromatic carbocycles. The molecule has 0 aromatic heterocycles. The molecule has 0 aliphatic carbocycles. The molecule has 0 unspecified atom stereocenters. The highest BCUT2D eigenvalue weighted by Crippen LogP contribution is 2.27. The van der Waals surface area contributed by atoms with Crippen molar-refractivity contribution in [3.8, 4) is 11.5 Å². The predicted molar refractivity (Wildman–Crippen MR) is 95.4 cm³/mol. The highest BCUT2D eigenvalue weighted by Gasteiger charge is 2.27. The first-order chi connectivity index (χ1) is 12.1. The highest BCUT2D eigenvalue weighted by atomic mass is 16.5. The maximum absolute atomic E-state index is 11.0. The molecule has 0 atom stereocenters. The zero-order valence-corrected chi connectivity index (χ0v) is 14.6. The summed E-state index contributed by atoms with van der Waals surface area (Å²) in [4.78, 5) is 13.4. The Bertz CT molecular complexity index is 731. The van der Waals surface area contributed by atoms with E-state index < -0.39 is 5.97 Å². The average Bonchev–Trinajstić information content (AvgIpc) is 2.59. The smallest absolute Gasteiger partial charge is 0.335 e. The van der Waals surface area contributed by atoms with Crippen molar-refractivity contribution in [2.24, 2.45) is 5.92 Å². The minimum Gasteiger partial charge on any atom is -0.497 e. The Morgan fingerprint density at radius 2 is 1.76 bits per heavy atom. The Morgan fingerprint density at radius 1 is 1.08 bits per heavy atom. The van der Waals surface area contributed by atoms with Crippen LogP contribution in [0.25, 0.3) is 0 Å². The van der Waals surface area contributed by atoms with Crippen molar-refractivity contribution in [3.05, 3.63) is 59.2 Å². The number of hydrogen-bond acceptors (Lipinski definition) is 4. The van der Waals surface area contributed by atoms with Crippen molar-refractivity contribution in [2.45, 2.75) is 13.0 Å². The minimum atomic E-state index is -0.879. The number of carboxylic acids is 1. The Labute approximate surface area is 147 Å². The van der Waals surface area contributed by atoms with E-state index in [-0.39, 0.29) is 0 Å². The third kappa shape index (κ3) is 4.31. The van der Waals surface area contributed by atoms with Gasteiger partial charge in [-0.2, -0.15) is 0 Å². The maximum Gasteiger partial charge on any atom is 0.335 e. The Hall–Kier alpha value is -2.53. The number of rotatable bonds is 7. The first-order valence-corrected chi connectivity index (χ1v) is 8.34. The topological polar surface area (TPSA) is 59.0 Å². The molecular formula is C20H23NO4. The number of carbonyl (C=O) groups is 1. The standard InChI is InChI=1S/C20H23NO4/c1-24-18-8-15(9-19(10-18)25-2)6-16-12-21(13-16)11-14-4-3-5-17(7-14)20(22)23/h3-5,7-10,16H,6,11-13H2,1-2H3,(H,22,23). The van der Waals surface area contributed by atoms with Crippen molar-refractivity contribution in [1.82, 2.24) is 4.90 Å². The fourth-order valence-corrected chi connectivity index (χ4v) is 3.31. The van der Waals surface area contributed by atoms with E-state index in [9.17, 15) is 4.79 Å².